The molecular formula is C28H33ClN4O4S. The van der Waals surface area contributed by atoms with Crippen LogP contribution in [0.1, 0.15) is 33.5 Å². The second kappa shape index (κ2) is 13.1. The minimum Gasteiger partial charge on any atom is -0.493 e. The number of amides is 2. The fraction of sp³-hybridized carbons (Fsp3) is 0.393. The average Bonchev–Trinajstić information content (AvgIpc) is 3.40. The molecule has 202 valence electrons. The molecule has 1 aromatic heterocycles. The summed E-state index contributed by atoms with van der Waals surface area (Å²) in [5.41, 5.74) is 2.76. The summed E-state index contributed by atoms with van der Waals surface area (Å²) in [4.78, 5) is 35.2. The lowest BCUT2D eigenvalue weighted by molar-refractivity contribution is -0.130. The lowest BCUT2D eigenvalue weighted by atomic mass is 10.1. The Morgan fingerprint density at radius 3 is 2.26 bits per heavy atom. The molecule has 10 heteroatoms. The standard InChI is InChI=1S/C28H33ClN4O4S/c1-20(34)32-12-14-33(15-13-32)28(35)24-19-38-27(30-24)18-31(17-22-4-7-23(29)8-5-22)11-10-21-6-9-25(36-2)26(16-21)37-3/h4-9,16,19H,10-15,17-18H2,1-3H3. The molecule has 0 atom stereocenters. The maximum Gasteiger partial charge on any atom is 0.273 e. The number of ether oxygens (including phenoxy) is 2. The maximum atomic E-state index is 13.0. The molecule has 2 aromatic carbocycles. The van der Waals surface area contributed by atoms with Crippen molar-refractivity contribution in [3.8, 4) is 11.5 Å². The van der Waals surface area contributed by atoms with Gasteiger partial charge in [-0.3, -0.25) is 14.5 Å². The summed E-state index contributed by atoms with van der Waals surface area (Å²) in [6, 6.07) is 13.8. The first-order valence-corrected chi connectivity index (χ1v) is 13.8. The molecule has 8 nitrogen and oxygen atoms in total. The molecule has 0 aliphatic carbocycles. The van der Waals surface area contributed by atoms with E-state index in [9.17, 15) is 9.59 Å². The van der Waals surface area contributed by atoms with Gasteiger partial charge in [0, 0.05) is 56.6 Å². The van der Waals surface area contributed by atoms with Crippen molar-refractivity contribution >= 4 is 34.8 Å². The summed E-state index contributed by atoms with van der Waals surface area (Å²) in [5.74, 6) is 1.38. The molecule has 1 fully saturated rings. The third-order valence-corrected chi connectivity index (χ3v) is 7.71. The molecule has 38 heavy (non-hydrogen) atoms. The van der Waals surface area contributed by atoms with Crippen LogP contribution in [0.25, 0.3) is 0 Å². The molecule has 2 amide bonds. The Balaban J connectivity index is 1.43. The Hall–Kier alpha value is -3.14. The molecule has 1 saturated heterocycles. The van der Waals surface area contributed by atoms with Gasteiger partial charge in [-0.15, -0.1) is 11.3 Å². The quantitative estimate of drug-likeness (QED) is 0.369. The van der Waals surface area contributed by atoms with Crippen LogP contribution in [0.3, 0.4) is 0 Å². The van der Waals surface area contributed by atoms with Gasteiger partial charge in [0.05, 0.1) is 20.8 Å². The Bertz CT molecular complexity index is 1240. The highest BCUT2D eigenvalue weighted by Gasteiger charge is 2.25. The van der Waals surface area contributed by atoms with Crippen molar-refractivity contribution in [3.05, 3.63) is 74.7 Å². The van der Waals surface area contributed by atoms with Gasteiger partial charge in [-0.1, -0.05) is 29.8 Å². The minimum atomic E-state index is -0.0784. The van der Waals surface area contributed by atoms with E-state index >= 15 is 0 Å². The topological polar surface area (TPSA) is 75.2 Å². The van der Waals surface area contributed by atoms with Crippen molar-refractivity contribution in [2.75, 3.05) is 46.9 Å². The molecule has 0 bridgehead atoms. The van der Waals surface area contributed by atoms with Crippen LogP contribution in [0.5, 0.6) is 11.5 Å². The van der Waals surface area contributed by atoms with Crippen molar-refractivity contribution in [3.63, 3.8) is 0 Å². The van der Waals surface area contributed by atoms with E-state index in [0.29, 0.717) is 54.9 Å². The summed E-state index contributed by atoms with van der Waals surface area (Å²) < 4.78 is 10.8. The molecule has 2 heterocycles. The number of aromatic nitrogens is 1. The Kier molecular flexibility index (Phi) is 9.60. The fourth-order valence-corrected chi connectivity index (χ4v) is 5.38. The van der Waals surface area contributed by atoms with Gasteiger partial charge in [0.25, 0.3) is 5.91 Å². The number of carbonyl (C=O) groups is 2. The summed E-state index contributed by atoms with van der Waals surface area (Å²) in [7, 11) is 3.27. The number of hydrogen-bond acceptors (Lipinski definition) is 7. The van der Waals surface area contributed by atoms with E-state index in [-0.39, 0.29) is 11.8 Å². The summed E-state index contributed by atoms with van der Waals surface area (Å²) in [6.45, 7) is 5.86. The molecule has 0 N–H and O–H groups in total. The first kappa shape index (κ1) is 27.9. The van der Waals surface area contributed by atoms with Crippen LogP contribution in [-0.4, -0.2) is 78.4 Å². The highest BCUT2D eigenvalue weighted by atomic mass is 35.5. The summed E-state index contributed by atoms with van der Waals surface area (Å²) in [6.07, 6.45) is 0.811. The normalized spacial score (nSPS) is 13.6. The van der Waals surface area contributed by atoms with Crippen LogP contribution in [0.15, 0.2) is 47.8 Å². The fourth-order valence-electron chi connectivity index (χ4n) is 4.44. The van der Waals surface area contributed by atoms with E-state index in [0.717, 1.165) is 35.6 Å². The van der Waals surface area contributed by atoms with Crippen molar-refractivity contribution in [1.82, 2.24) is 19.7 Å². The SMILES string of the molecule is COc1ccc(CCN(Cc2ccc(Cl)cc2)Cc2nc(C(=O)N3CCN(C(C)=O)CC3)cs2)cc1OC. The molecule has 1 aliphatic rings. The number of benzene rings is 2. The molecule has 0 spiro atoms. The Morgan fingerprint density at radius 2 is 1.61 bits per heavy atom. The number of nitrogens with zero attached hydrogens (tertiary/aromatic N) is 4. The molecule has 1 aliphatic heterocycles. The zero-order chi connectivity index (χ0) is 27.1. The minimum absolute atomic E-state index is 0.0434. The number of thiazole rings is 1. The van der Waals surface area contributed by atoms with Crippen molar-refractivity contribution in [2.24, 2.45) is 0 Å². The maximum absolute atomic E-state index is 13.0. The third kappa shape index (κ3) is 7.24. The highest BCUT2D eigenvalue weighted by molar-refractivity contribution is 7.09. The van der Waals surface area contributed by atoms with Crippen LogP contribution < -0.4 is 9.47 Å². The van der Waals surface area contributed by atoms with Gasteiger partial charge >= 0.3 is 0 Å². The van der Waals surface area contributed by atoms with Gasteiger partial charge in [0.15, 0.2) is 11.5 Å². The van der Waals surface area contributed by atoms with Gasteiger partial charge in [-0.2, -0.15) is 0 Å². The monoisotopic (exact) mass is 556 g/mol. The van der Waals surface area contributed by atoms with Crippen LogP contribution in [0.2, 0.25) is 5.02 Å². The van der Waals surface area contributed by atoms with Crippen molar-refractivity contribution in [2.45, 2.75) is 26.4 Å². The zero-order valence-corrected chi connectivity index (χ0v) is 23.6. The number of piperazine rings is 1. The van der Waals surface area contributed by atoms with Crippen LogP contribution in [-0.2, 0) is 24.3 Å². The smallest absolute Gasteiger partial charge is 0.273 e. The first-order valence-electron chi connectivity index (χ1n) is 12.5. The second-order valence-corrected chi connectivity index (χ2v) is 10.6. The van der Waals surface area contributed by atoms with Gasteiger partial charge in [-0.05, 0) is 41.8 Å². The van der Waals surface area contributed by atoms with Crippen LogP contribution >= 0.6 is 22.9 Å². The summed E-state index contributed by atoms with van der Waals surface area (Å²) in [5, 5.41) is 3.43. The van der Waals surface area contributed by atoms with Gasteiger partial charge in [-0.25, -0.2) is 4.98 Å². The molecular weight excluding hydrogens is 524 g/mol. The zero-order valence-electron chi connectivity index (χ0n) is 22.0. The van der Waals surface area contributed by atoms with E-state index < -0.39 is 0 Å². The van der Waals surface area contributed by atoms with Gasteiger partial charge in [0.1, 0.15) is 10.7 Å². The summed E-state index contributed by atoms with van der Waals surface area (Å²) >= 11 is 7.59. The Morgan fingerprint density at radius 1 is 0.947 bits per heavy atom. The van der Waals surface area contributed by atoms with Gasteiger partial charge in [0.2, 0.25) is 5.91 Å². The number of hydrogen-bond donors (Lipinski definition) is 0. The average molecular weight is 557 g/mol. The molecule has 4 rings (SSSR count). The van der Waals surface area contributed by atoms with Crippen molar-refractivity contribution < 1.29 is 19.1 Å². The van der Waals surface area contributed by atoms with Crippen LogP contribution in [0, 0.1) is 0 Å². The number of carbonyl (C=O) groups excluding carboxylic acids is 2. The number of methoxy groups -OCH3 is 2. The second-order valence-electron chi connectivity index (χ2n) is 9.20. The lowest BCUT2D eigenvalue weighted by Crippen LogP contribution is -2.50. The molecule has 0 radical (unpaired) electrons. The highest BCUT2D eigenvalue weighted by Crippen LogP contribution is 2.28. The first-order chi connectivity index (χ1) is 18.4. The Labute approximate surface area is 232 Å². The molecule has 3 aromatic rings. The number of halogens is 1. The predicted octanol–water partition coefficient (Wildman–Crippen LogP) is 4.36. The predicted molar refractivity (Wildman–Crippen MR) is 149 cm³/mol. The molecule has 0 saturated carbocycles. The lowest BCUT2D eigenvalue weighted by Gasteiger charge is -2.33. The number of rotatable bonds is 10. The van der Waals surface area contributed by atoms with E-state index in [2.05, 4.69) is 9.88 Å². The largest absolute Gasteiger partial charge is 0.493 e. The van der Waals surface area contributed by atoms with Crippen molar-refractivity contribution in [1.29, 1.82) is 0 Å². The van der Waals surface area contributed by atoms with Gasteiger partial charge < -0.3 is 19.3 Å². The third-order valence-electron chi connectivity index (χ3n) is 6.63. The van der Waals surface area contributed by atoms with E-state index in [1.54, 1.807) is 30.9 Å². The van der Waals surface area contributed by atoms with Crippen LogP contribution in [0.4, 0.5) is 0 Å². The van der Waals surface area contributed by atoms with E-state index in [1.165, 1.54) is 11.3 Å². The van der Waals surface area contributed by atoms with E-state index in [4.69, 9.17) is 21.1 Å². The molecule has 0 unspecified atom stereocenters. The van der Waals surface area contributed by atoms with E-state index in [1.807, 2.05) is 47.8 Å².